The van der Waals surface area contributed by atoms with Gasteiger partial charge in [-0.3, -0.25) is 9.59 Å². The van der Waals surface area contributed by atoms with Crippen molar-refractivity contribution in [3.05, 3.63) is 95.8 Å². The maximum Gasteiger partial charge on any atom is 0.251 e. The van der Waals surface area contributed by atoms with Gasteiger partial charge in [0.05, 0.1) is 11.0 Å². The van der Waals surface area contributed by atoms with E-state index in [4.69, 9.17) is 4.98 Å². The van der Waals surface area contributed by atoms with Crippen LogP contribution in [0.4, 0.5) is 5.69 Å². The van der Waals surface area contributed by atoms with Crippen LogP contribution < -0.4 is 10.2 Å². The number of carbonyl (C=O) groups excluding carboxylic acids is 2. The summed E-state index contributed by atoms with van der Waals surface area (Å²) >= 11 is 0. The Morgan fingerprint density at radius 3 is 2.39 bits per heavy atom. The van der Waals surface area contributed by atoms with E-state index in [1.165, 1.54) is 0 Å². The molecule has 0 saturated heterocycles. The number of anilines is 1. The highest BCUT2D eigenvalue weighted by Crippen LogP contribution is 2.20. The number of para-hydroxylation sites is 3. The van der Waals surface area contributed by atoms with Gasteiger partial charge in [-0.1, -0.05) is 55.0 Å². The van der Waals surface area contributed by atoms with Crippen LogP contribution in [0.25, 0.3) is 11.0 Å². The first-order valence-corrected chi connectivity index (χ1v) is 12.7. The average molecular weight is 483 g/mol. The molecule has 0 atom stereocenters. The van der Waals surface area contributed by atoms with Crippen molar-refractivity contribution >= 4 is 28.5 Å². The Hall–Kier alpha value is -3.93. The van der Waals surface area contributed by atoms with Crippen LogP contribution in [0.3, 0.4) is 0 Å². The van der Waals surface area contributed by atoms with Crippen LogP contribution in [-0.2, 0) is 17.8 Å². The summed E-state index contributed by atoms with van der Waals surface area (Å²) in [6.45, 7) is 5.45. The minimum Gasteiger partial charge on any atom is -0.352 e. The monoisotopic (exact) mass is 482 g/mol. The SMILES string of the molecule is CCN(C(=O)Cn1c(CCCCCNC(=O)c2ccccc2C)nc2ccccc21)c1ccccc1. The van der Waals surface area contributed by atoms with E-state index in [0.717, 1.165) is 59.4 Å². The van der Waals surface area contributed by atoms with Crippen molar-refractivity contribution in [2.24, 2.45) is 0 Å². The van der Waals surface area contributed by atoms with Gasteiger partial charge in [0, 0.05) is 30.8 Å². The number of hydrogen-bond acceptors (Lipinski definition) is 3. The second kappa shape index (κ2) is 12.2. The molecule has 0 saturated carbocycles. The molecule has 4 rings (SSSR count). The molecule has 0 aliphatic heterocycles. The summed E-state index contributed by atoms with van der Waals surface area (Å²) < 4.78 is 2.06. The third-order valence-corrected chi connectivity index (χ3v) is 6.46. The minimum atomic E-state index is -0.0210. The lowest BCUT2D eigenvalue weighted by molar-refractivity contribution is -0.119. The number of hydrogen-bond donors (Lipinski definition) is 1. The standard InChI is InChI=1S/C30H34N4O2/c1-3-33(24-15-6-4-7-16-24)29(35)22-34-27-19-12-11-18-26(27)32-28(34)20-8-5-13-21-31-30(36)25-17-10-9-14-23(25)2/h4,6-7,9-12,14-19H,3,5,8,13,20-22H2,1-2H3,(H,31,36). The molecule has 2 amide bonds. The number of unbranched alkanes of at least 4 members (excludes halogenated alkanes) is 2. The number of imidazole rings is 1. The molecule has 0 fully saturated rings. The number of rotatable bonds is 11. The Balaban J connectivity index is 1.35. The van der Waals surface area contributed by atoms with Crippen LogP contribution >= 0.6 is 0 Å². The largest absolute Gasteiger partial charge is 0.352 e. The molecule has 0 aliphatic rings. The molecule has 186 valence electrons. The highest BCUT2D eigenvalue weighted by atomic mass is 16.2. The number of carbonyl (C=O) groups is 2. The van der Waals surface area contributed by atoms with Crippen LogP contribution in [0.5, 0.6) is 0 Å². The van der Waals surface area contributed by atoms with E-state index in [1.807, 2.05) is 97.6 Å². The lowest BCUT2D eigenvalue weighted by atomic mass is 10.1. The summed E-state index contributed by atoms with van der Waals surface area (Å²) in [5.74, 6) is 0.955. The third kappa shape index (κ3) is 6.00. The number of fused-ring (bicyclic) bond motifs is 1. The first kappa shape index (κ1) is 25.2. The molecule has 6 heteroatoms. The van der Waals surface area contributed by atoms with Crippen molar-refractivity contribution in [3.8, 4) is 0 Å². The highest BCUT2D eigenvalue weighted by Gasteiger charge is 2.18. The van der Waals surface area contributed by atoms with Crippen molar-refractivity contribution in [1.29, 1.82) is 0 Å². The summed E-state index contributed by atoms with van der Waals surface area (Å²) in [6.07, 6.45) is 3.59. The molecule has 1 heterocycles. The Kier molecular flexibility index (Phi) is 8.50. The van der Waals surface area contributed by atoms with Gasteiger partial charge in [-0.05, 0) is 62.6 Å². The zero-order valence-corrected chi connectivity index (χ0v) is 21.1. The van der Waals surface area contributed by atoms with Crippen molar-refractivity contribution in [1.82, 2.24) is 14.9 Å². The molecular formula is C30H34N4O2. The molecule has 0 bridgehead atoms. The topological polar surface area (TPSA) is 67.2 Å². The summed E-state index contributed by atoms with van der Waals surface area (Å²) in [5.41, 5.74) is 4.51. The van der Waals surface area contributed by atoms with Gasteiger partial charge in [0.1, 0.15) is 12.4 Å². The van der Waals surface area contributed by atoms with Crippen LogP contribution in [0, 0.1) is 6.92 Å². The maximum absolute atomic E-state index is 13.3. The molecule has 6 nitrogen and oxygen atoms in total. The quantitative estimate of drug-likeness (QED) is 0.285. The minimum absolute atomic E-state index is 0.0210. The molecule has 0 aliphatic carbocycles. The van der Waals surface area contributed by atoms with Gasteiger partial charge < -0.3 is 14.8 Å². The molecular weight excluding hydrogens is 448 g/mol. The van der Waals surface area contributed by atoms with E-state index in [9.17, 15) is 9.59 Å². The van der Waals surface area contributed by atoms with Crippen molar-refractivity contribution in [2.45, 2.75) is 46.1 Å². The number of aryl methyl sites for hydroxylation is 2. The zero-order valence-electron chi connectivity index (χ0n) is 21.1. The summed E-state index contributed by atoms with van der Waals surface area (Å²) in [7, 11) is 0. The van der Waals surface area contributed by atoms with Crippen molar-refractivity contribution < 1.29 is 9.59 Å². The normalized spacial score (nSPS) is 10.9. The number of amides is 2. The van der Waals surface area contributed by atoms with Gasteiger partial charge in [-0.2, -0.15) is 0 Å². The van der Waals surface area contributed by atoms with E-state index in [1.54, 1.807) is 0 Å². The lowest BCUT2D eigenvalue weighted by Crippen LogP contribution is -2.34. The first-order chi connectivity index (χ1) is 17.6. The predicted molar refractivity (Wildman–Crippen MR) is 145 cm³/mol. The van der Waals surface area contributed by atoms with Crippen LogP contribution in [0.2, 0.25) is 0 Å². The van der Waals surface area contributed by atoms with E-state index in [-0.39, 0.29) is 18.4 Å². The molecule has 0 radical (unpaired) electrons. The third-order valence-electron chi connectivity index (χ3n) is 6.46. The Morgan fingerprint density at radius 1 is 0.889 bits per heavy atom. The first-order valence-electron chi connectivity index (χ1n) is 12.7. The molecule has 0 spiro atoms. The number of nitrogens with zero attached hydrogens (tertiary/aromatic N) is 3. The lowest BCUT2D eigenvalue weighted by Gasteiger charge is -2.22. The van der Waals surface area contributed by atoms with Crippen molar-refractivity contribution in [3.63, 3.8) is 0 Å². The van der Waals surface area contributed by atoms with E-state index in [0.29, 0.717) is 13.1 Å². The summed E-state index contributed by atoms with van der Waals surface area (Å²) in [4.78, 5) is 32.3. The van der Waals surface area contributed by atoms with Gasteiger partial charge in [0.15, 0.2) is 0 Å². The van der Waals surface area contributed by atoms with Gasteiger partial charge in [0.25, 0.3) is 5.91 Å². The fraction of sp³-hybridized carbons (Fsp3) is 0.300. The molecule has 1 N–H and O–H groups in total. The van der Waals surface area contributed by atoms with E-state index < -0.39 is 0 Å². The van der Waals surface area contributed by atoms with Crippen LogP contribution in [0.1, 0.15) is 47.9 Å². The molecule has 4 aromatic rings. The summed E-state index contributed by atoms with van der Waals surface area (Å²) in [6, 6.07) is 25.4. The van der Waals surface area contributed by atoms with Gasteiger partial charge in [-0.25, -0.2) is 4.98 Å². The molecule has 3 aromatic carbocycles. The molecule has 36 heavy (non-hydrogen) atoms. The number of likely N-dealkylation sites (N-methyl/N-ethyl adjacent to an activating group) is 1. The second-order valence-corrected chi connectivity index (χ2v) is 8.96. The van der Waals surface area contributed by atoms with Gasteiger partial charge >= 0.3 is 0 Å². The smallest absolute Gasteiger partial charge is 0.251 e. The van der Waals surface area contributed by atoms with Crippen molar-refractivity contribution in [2.75, 3.05) is 18.0 Å². The number of benzene rings is 3. The fourth-order valence-corrected chi connectivity index (χ4v) is 4.53. The second-order valence-electron chi connectivity index (χ2n) is 8.96. The zero-order chi connectivity index (χ0) is 25.3. The number of nitrogens with one attached hydrogen (secondary N) is 1. The Morgan fingerprint density at radius 2 is 1.61 bits per heavy atom. The van der Waals surface area contributed by atoms with E-state index in [2.05, 4.69) is 9.88 Å². The number of aromatic nitrogens is 2. The molecule has 0 unspecified atom stereocenters. The Bertz CT molecular complexity index is 1310. The highest BCUT2D eigenvalue weighted by molar-refractivity contribution is 5.95. The fourth-order valence-electron chi connectivity index (χ4n) is 4.53. The maximum atomic E-state index is 13.3. The van der Waals surface area contributed by atoms with E-state index >= 15 is 0 Å². The predicted octanol–water partition coefficient (Wildman–Crippen LogP) is 5.54. The van der Waals surface area contributed by atoms with Crippen LogP contribution in [-0.4, -0.2) is 34.5 Å². The Labute approximate surface area is 213 Å². The van der Waals surface area contributed by atoms with Gasteiger partial charge in [0.2, 0.25) is 5.91 Å². The van der Waals surface area contributed by atoms with Crippen LogP contribution in [0.15, 0.2) is 78.9 Å². The average Bonchev–Trinajstić information content (AvgIpc) is 3.24. The molecule has 1 aromatic heterocycles. The van der Waals surface area contributed by atoms with Gasteiger partial charge in [-0.15, -0.1) is 0 Å². The summed E-state index contributed by atoms with van der Waals surface area (Å²) in [5, 5.41) is 3.02.